The van der Waals surface area contributed by atoms with Gasteiger partial charge in [-0.15, -0.1) is 0 Å². The first kappa shape index (κ1) is 19.1. The molecule has 3 aromatic carbocycles. The second-order valence-electron chi connectivity index (χ2n) is 7.41. The molecule has 4 nitrogen and oxygen atoms in total. The van der Waals surface area contributed by atoms with Crippen molar-refractivity contribution in [2.75, 3.05) is 0 Å². The molecular formula is C25H24N2O2. The fraction of sp³-hybridized carbons (Fsp3) is 0.200. The largest absolute Gasteiger partial charge is 0.361 e. The molecule has 0 saturated carbocycles. The molecule has 1 fully saturated rings. The quantitative estimate of drug-likeness (QED) is 0.452. The lowest BCUT2D eigenvalue weighted by Gasteiger charge is -2.43. The molecule has 29 heavy (non-hydrogen) atoms. The Morgan fingerprint density at radius 3 is 2.17 bits per heavy atom. The Balaban J connectivity index is 1.54. The van der Waals surface area contributed by atoms with Crippen LogP contribution in [0.2, 0.25) is 0 Å². The molecule has 4 rings (SSSR count). The first-order chi connectivity index (χ1) is 14.1. The number of hydrogen-bond donors (Lipinski definition) is 0. The van der Waals surface area contributed by atoms with Gasteiger partial charge in [0.15, 0.2) is 6.10 Å². The van der Waals surface area contributed by atoms with Crippen molar-refractivity contribution in [1.82, 2.24) is 5.01 Å². The zero-order chi connectivity index (χ0) is 20.2. The van der Waals surface area contributed by atoms with Crippen LogP contribution in [0.15, 0.2) is 84.0 Å². The van der Waals surface area contributed by atoms with Crippen LogP contribution in [0.3, 0.4) is 0 Å². The topological polar surface area (TPSA) is 41.9 Å². The lowest BCUT2D eigenvalue weighted by Crippen LogP contribution is -2.57. The summed E-state index contributed by atoms with van der Waals surface area (Å²) < 4.78 is 6.01. The van der Waals surface area contributed by atoms with Crippen LogP contribution in [0.4, 0.5) is 0 Å². The number of nitrogens with zero attached hydrogens (tertiary/aromatic N) is 2. The summed E-state index contributed by atoms with van der Waals surface area (Å²) in [6, 6.07) is 25.9. The molecule has 1 saturated heterocycles. The standard InChI is InChI=1S/C25H24N2O2/c1-18-8-12-20(13-9-18)16-26-27-23(22-14-10-19(2)11-15-22)24(25(27)28)29-17-21-6-4-3-5-7-21/h3-16,23-24H,17H2,1-2H3/b26-16-/t23-,24+/m1/s1. The van der Waals surface area contributed by atoms with E-state index in [1.54, 1.807) is 6.21 Å². The zero-order valence-corrected chi connectivity index (χ0v) is 16.7. The molecule has 4 heteroatoms. The van der Waals surface area contributed by atoms with Gasteiger partial charge in [0.05, 0.1) is 12.8 Å². The maximum absolute atomic E-state index is 12.8. The number of hydrogen-bond acceptors (Lipinski definition) is 3. The maximum atomic E-state index is 12.8. The van der Waals surface area contributed by atoms with E-state index in [2.05, 4.69) is 5.10 Å². The van der Waals surface area contributed by atoms with Crippen molar-refractivity contribution in [3.05, 3.63) is 107 Å². The molecule has 2 atom stereocenters. The van der Waals surface area contributed by atoms with Gasteiger partial charge in [-0.05, 0) is 30.5 Å². The van der Waals surface area contributed by atoms with E-state index in [0.29, 0.717) is 6.61 Å². The molecule has 1 heterocycles. The van der Waals surface area contributed by atoms with Crippen molar-refractivity contribution in [3.8, 4) is 0 Å². The zero-order valence-electron chi connectivity index (χ0n) is 16.7. The maximum Gasteiger partial charge on any atom is 0.275 e. The number of hydrazone groups is 1. The number of aryl methyl sites for hydroxylation is 2. The predicted octanol–water partition coefficient (Wildman–Crippen LogP) is 4.81. The lowest BCUT2D eigenvalue weighted by molar-refractivity contribution is -0.176. The van der Waals surface area contributed by atoms with Crippen molar-refractivity contribution < 1.29 is 9.53 Å². The van der Waals surface area contributed by atoms with Crippen molar-refractivity contribution in [2.24, 2.45) is 5.10 Å². The first-order valence-corrected chi connectivity index (χ1v) is 9.77. The van der Waals surface area contributed by atoms with E-state index in [0.717, 1.165) is 16.7 Å². The van der Waals surface area contributed by atoms with Gasteiger partial charge in [-0.25, -0.2) is 5.01 Å². The van der Waals surface area contributed by atoms with E-state index >= 15 is 0 Å². The molecule has 0 bridgehead atoms. The van der Waals surface area contributed by atoms with Crippen LogP contribution in [0.5, 0.6) is 0 Å². The molecule has 0 radical (unpaired) electrons. The summed E-state index contributed by atoms with van der Waals surface area (Å²) in [6.07, 6.45) is 1.19. The molecule has 1 aliphatic heterocycles. The summed E-state index contributed by atoms with van der Waals surface area (Å²) in [5, 5.41) is 6.00. The summed E-state index contributed by atoms with van der Waals surface area (Å²) in [7, 11) is 0. The molecule has 0 unspecified atom stereocenters. The van der Waals surface area contributed by atoms with Crippen LogP contribution >= 0.6 is 0 Å². The number of carbonyl (C=O) groups is 1. The predicted molar refractivity (Wildman–Crippen MR) is 115 cm³/mol. The number of amides is 1. The minimum Gasteiger partial charge on any atom is -0.361 e. The number of rotatable bonds is 6. The van der Waals surface area contributed by atoms with E-state index in [4.69, 9.17) is 4.74 Å². The van der Waals surface area contributed by atoms with Gasteiger partial charge < -0.3 is 4.74 Å². The van der Waals surface area contributed by atoms with Gasteiger partial charge in [-0.3, -0.25) is 4.79 Å². The third kappa shape index (κ3) is 4.28. The molecule has 0 aliphatic carbocycles. The highest BCUT2D eigenvalue weighted by molar-refractivity contribution is 5.90. The molecule has 1 aliphatic rings. The molecule has 146 valence electrons. The fourth-order valence-electron chi connectivity index (χ4n) is 3.36. The minimum atomic E-state index is -0.534. The van der Waals surface area contributed by atoms with Crippen LogP contribution < -0.4 is 0 Å². The third-order valence-electron chi connectivity index (χ3n) is 5.12. The van der Waals surface area contributed by atoms with Gasteiger partial charge in [-0.2, -0.15) is 5.10 Å². The van der Waals surface area contributed by atoms with E-state index < -0.39 is 6.10 Å². The minimum absolute atomic E-state index is 0.116. The third-order valence-corrected chi connectivity index (χ3v) is 5.12. The van der Waals surface area contributed by atoms with Gasteiger partial charge in [0, 0.05) is 0 Å². The summed E-state index contributed by atoms with van der Waals surface area (Å²) in [5.74, 6) is -0.116. The molecule has 0 spiro atoms. The van der Waals surface area contributed by atoms with Crippen molar-refractivity contribution in [3.63, 3.8) is 0 Å². The summed E-state index contributed by atoms with van der Waals surface area (Å²) in [6.45, 7) is 4.49. The SMILES string of the molecule is Cc1ccc(/C=N\N2C(=O)[C@@H](OCc3ccccc3)[C@H]2c2ccc(C)cc2)cc1. The summed E-state index contributed by atoms with van der Waals surface area (Å²) >= 11 is 0. The lowest BCUT2D eigenvalue weighted by atomic mass is 9.92. The van der Waals surface area contributed by atoms with Crippen molar-refractivity contribution >= 4 is 12.1 Å². The number of benzene rings is 3. The molecular weight excluding hydrogens is 360 g/mol. The molecule has 3 aromatic rings. The van der Waals surface area contributed by atoms with Gasteiger partial charge in [0.25, 0.3) is 5.91 Å². The van der Waals surface area contributed by atoms with E-state index in [9.17, 15) is 4.79 Å². The van der Waals surface area contributed by atoms with E-state index in [1.165, 1.54) is 16.1 Å². The Morgan fingerprint density at radius 1 is 0.897 bits per heavy atom. The van der Waals surface area contributed by atoms with Crippen LogP contribution in [0, 0.1) is 13.8 Å². The molecule has 0 N–H and O–H groups in total. The van der Waals surface area contributed by atoms with Gasteiger partial charge >= 0.3 is 0 Å². The normalized spacial score (nSPS) is 18.8. The van der Waals surface area contributed by atoms with Crippen LogP contribution in [-0.2, 0) is 16.1 Å². The number of β-lactam (4-membered cyclic amide) rings is 1. The average Bonchev–Trinajstić information content (AvgIpc) is 2.75. The van der Waals surface area contributed by atoms with Gasteiger partial charge in [0.2, 0.25) is 0 Å². The summed E-state index contributed by atoms with van der Waals surface area (Å²) in [5.41, 5.74) is 5.39. The smallest absolute Gasteiger partial charge is 0.275 e. The van der Waals surface area contributed by atoms with Gasteiger partial charge in [0.1, 0.15) is 6.04 Å². The average molecular weight is 384 g/mol. The second-order valence-corrected chi connectivity index (χ2v) is 7.41. The van der Waals surface area contributed by atoms with Crippen molar-refractivity contribution in [2.45, 2.75) is 32.6 Å². The Bertz CT molecular complexity index is 995. The van der Waals surface area contributed by atoms with E-state index in [-0.39, 0.29) is 11.9 Å². The Labute approximate surface area is 171 Å². The van der Waals surface area contributed by atoms with Gasteiger partial charge in [-0.1, -0.05) is 90.0 Å². The second kappa shape index (κ2) is 8.41. The van der Waals surface area contributed by atoms with E-state index in [1.807, 2.05) is 92.7 Å². The highest BCUT2D eigenvalue weighted by Crippen LogP contribution is 2.38. The molecule has 1 amide bonds. The summed E-state index contributed by atoms with van der Waals surface area (Å²) in [4.78, 5) is 12.8. The van der Waals surface area contributed by atoms with Crippen LogP contribution in [-0.4, -0.2) is 23.2 Å². The highest BCUT2D eigenvalue weighted by Gasteiger charge is 2.49. The first-order valence-electron chi connectivity index (χ1n) is 9.77. The number of ether oxygens (including phenoxy) is 1. The Kier molecular flexibility index (Phi) is 5.54. The highest BCUT2D eigenvalue weighted by atomic mass is 16.5. The Hall–Kier alpha value is -3.24. The number of carbonyl (C=O) groups excluding carboxylic acids is 1. The molecule has 0 aromatic heterocycles. The monoisotopic (exact) mass is 384 g/mol. The van der Waals surface area contributed by atoms with Crippen LogP contribution in [0.1, 0.15) is 33.9 Å². The van der Waals surface area contributed by atoms with Crippen LogP contribution in [0.25, 0.3) is 0 Å². The van der Waals surface area contributed by atoms with Crippen molar-refractivity contribution in [1.29, 1.82) is 0 Å². The Morgan fingerprint density at radius 2 is 1.52 bits per heavy atom. The fourth-order valence-corrected chi connectivity index (χ4v) is 3.36.